The highest BCUT2D eigenvalue weighted by Gasteiger charge is 2.24. The van der Waals surface area contributed by atoms with E-state index in [0.717, 1.165) is 10.9 Å². The summed E-state index contributed by atoms with van der Waals surface area (Å²) in [6.45, 7) is 0. The van der Waals surface area contributed by atoms with Crippen molar-refractivity contribution in [1.82, 2.24) is 10.3 Å². The maximum absolute atomic E-state index is 13.2. The molecule has 0 fully saturated rings. The van der Waals surface area contributed by atoms with Gasteiger partial charge in [0.25, 0.3) is 17.2 Å². The van der Waals surface area contributed by atoms with E-state index in [9.17, 15) is 13.6 Å². The van der Waals surface area contributed by atoms with Crippen molar-refractivity contribution in [2.24, 2.45) is 0 Å². The molecule has 0 radical (unpaired) electrons. The molecule has 2 N–H and O–H groups in total. The number of fused-ring (bicyclic) bond motifs is 1. The van der Waals surface area contributed by atoms with Gasteiger partial charge in [0, 0.05) is 11.6 Å². The van der Waals surface area contributed by atoms with E-state index in [4.69, 9.17) is 6.42 Å². The number of terminal acetylenes is 1. The van der Waals surface area contributed by atoms with Crippen LogP contribution in [0.3, 0.4) is 0 Å². The number of pyridine rings is 1. The van der Waals surface area contributed by atoms with Gasteiger partial charge in [-0.05, 0) is 29.8 Å². The summed E-state index contributed by atoms with van der Waals surface area (Å²) >= 11 is -2.47. The summed E-state index contributed by atoms with van der Waals surface area (Å²) in [5.74, 6) is 2.12. The van der Waals surface area contributed by atoms with Crippen molar-refractivity contribution in [3.05, 3.63) is 102 Å². The van der Waals surface area contributed by atoms with Gasteiger partial charge in [0.15, 0.2) is 0 Å². The highest BCUT2D eigenvalue weighted by molar-refractivity contribution is 7.81. The Balaban J connectivity index is 1.77. The van der Waals surface area contributed by atoms with E-state index in [1.807, 2.05) is 42.5 Å². The molecule has 2 atom stereocenters. The molecule has 1 amide bonds. The number of carbonyl (C=O) groups excluding carboxylic acids is 1. The van der Waals surface area contributed by atoms with Crippen LogP contribution < -0.4 is 9.62 Å². The summed E-state index contributed by atoms with van der Waals surface area (Å²) in [5.41, 5.74) is 2.17. The molecule has 3 aromatic carbocycles. The first-order valence-electron chi connectivity index (χ1n) is 9.76. The minimum absolute atomic E-state index is 0.207. The number of amides is 1. The number of nitrogens with zero attached hydrogens (tertiary/aromatic N) is 2. The van der Waals surface area contributed by atoms with E-state index in [2.05, 4.69) is 16.2 Å². The Labute approximate surface area is 188 Å². The maximum atomic E-state index is 13.2. The number of aromatic nitrogens is 1. The zero-order valence-corrected chi connectivity index (χ0v) is 17.7. The van der Waals surface area contributed by atoms with Crippen LogP contribution in [-0.4, -0.2) is 19.7 Å². The molecule has 0 saturated heterocycles. The van der Waals surface area contributed by atoms with Crippen LogP contribution in [0, 0.1) is 12.3 Å². The molecule has 0 aliphatic carbocycles. The van der Waals surface area contributed by atoms with Crippen molar-refractivity contribution in [2.75, 3.05) is 4.31 Å². The van der Waals surface area contributed by atoms with Crippen LogP contribution >= 0.6 is 0 Å². The third-order valence-corrected chi connectivity index (χ3v) is 5.63. The first-order valence-corrected chi connectivity index (χ1v) is 10.8. The Kier molecular flexibility index (Phi) is 6.26. The van der Waals surface area contributed by atoms with Crippen LogP contribution in [-0.2, 0) is 11.3 Å². The summed E-state index contributed by atoms with van der Waals surface area (Å²) in [7, 11) is 0. The molecule has 158 valence electrons. The van der Waals surface area contributed by atoms with E-state index in [-0.39, 0.29) is 11.3 Å². The summed E-state index contributed by atoms with van der Waals surface area (Å²) in [6.07, 6.45) is 7.27. The summed E-state index contributed by atoms with van der Waals surface area (Å²) in [6, 6.07) is 24.1. The second kappa shape index (κ2) is 9.43. The number of hydrogen-bond acceptors (Lipinski definition) is 3. The number of anilines is 2. The summed E-state index contributed by atoms with van der Waals surface area (Å²) in [5, 5.41) is 3.63. The van der Waals surface area contributed by atoms with Crippen molar-refractivity contribution in [2.45, 2.75) is 6.04 Å². The number of hydrogen-bond donors (Lipinski definition) is 2. The van der Waals surface area contributed by atoms with Gasteiger partial charge >= 0.3 is 0 Å². The second-order valence-electron chi connectivity index (χ2n) is 6.88. The third kappa shape index (κ3) is 4.23. The van der Waals surface area contributed by atoms with Crippen molar-refractivity contribution >= 4 is 39.5 Å². The Bertz CT molecular complexity index is 1330. The molecule has 0 aliphatic rings. The lowest BCUT2D eigenvalue weighted by Crippen LogP contribution is -2.30. The van der Waals surface area contributed by atoms with Gasteiger partial charge in [0.05, 0.1) is 22.5 Å². The van der Waals surface area contributed by atoms with Gasteiger partial charge in [-0.25, -0.2) is 8.51 Å². The predicted octanol–water partition coefficient (Wildman–Crippen LogP) is 4.61. The lowest BCUT2D eigenvalue weighted by molar-refractivity contribution is 0.0946. The smallest absolute Gasteiger partial charge is 0.266 e. The highest BCUT2D eigenvalue weighted by atomic mass is 32.2. The molecule has 1 aromatic heterocycles. The normalized spacial score (nSPS) is 12.5. The Hall–Kier alpha value is -3.99. The van der Waals surface area contributed by atoms with Gasteiger partial charge in [-0.3, -0.25) is 14.3 Å². The van der Waals surface area contributed by atoms with E-state index in [1.54, 1.807) is 48.7 Å². The molecule has 2 unspecified atom stereocenters. The van der Waals surface area contributed by atoms with Gasteiger partial charge in [-0.1, -0.05) is 66.6 Å². The fourth-order valence-corrected chi connectivity index (χ4v) is 4.11. The molecule has 0 aliphatic heterocycles. The van der Waals surface area contributed by atoms with Gasteiger partial charge in [-0.2, -0.15) is 0 Å². The Morgan fingerprint density at radius 1 is 0.969 bits per heavy atom. The maximum Gasteiger partial charge on any atom is 0.266 e. The standard InChI is InChI=1S/C25H19N3O3S/c1-2-21(18-10-4-3-5-11-18)27-25(29)20-14-6-7-15-22(20)28(32(30)31)23-16-8-12-19-13-9-17-26-24(19)23/h1,3-17,21H,(H,27,29)(H,30,31). The SMILES string of the molecule is C#CC(NC(=O)c1ccccc1N(c1cccc2cccnc12)S(=O)O)c1ccccc1. The van der Waals surface area contributed by atoms with Gasteiger partial charge in [0.2, 0.25) is 0 Å². The van der Waals surface area contributed by atoms with Crippen LogP contribution in [0.5, 0.6) is 0 Å². The van der Waals surface area contributed by atoms with Crippen LogP contribution in [0.2, 0.25) is 0 Å². The van der Waals surface area contributed by atoms with Crippen LogP contribution in [0.15, 0.2) is 91.1 Å². The zero-order chi connectivity index (χ0) is 22.5. The molecule has 32 heavy (non-hydrogen) atoms. The third-order valence-electron chi connectivity index (χ3n) is 4.93. The van der Waals surface area contributed by atoms with Crippen molar-refractivity contribution in [1.29, 1.82) is 0 Å². The number of benzene rings is 3. The van der Waals surface area contributed by atoms with Crippen LogP contribution in [0.25, 0.3) is 10.9 Å². The topological polar surface area (TPSA) is 82.5 Å². The van der Waals surface area contributed by atoms with E-state index in [0.29, 0.717) is 11.2 Å². The molecular weight excluding hydrogens is 422 g/mol. The quantitative estimate of drug-likeness (QED) is 0.338. The van der Waals surface area contributed by atoms with Gasteiger partial charge in [-0.15, -0.1) is 6.42 Å². The first kappa shape index (κ1) is 21.2. The molecule has 0 spiro atoms. The number of carbonyl (C=O) groups is 1. The highest BCUT2D eigenvalue weighted by Crippen LogP contribution is 2.34. The summed E-state index contributed by atoms with van der Waals surface area (Å²) in [4.78, 5) is 17.6. The molecule has 0 saturated carbocycles. The van der Waals surface area contributed by atoms with E-state index >= 15 is 0 Å². The number of para-hydroxylation sites is 2. The molecule has 0 bridgehead atoms. The van der Waals surface area contributed by atoms with Crippen molar-refractivity contribution < 1.29 is 13.6 Å². The molecular formula is C25H19N3O3S. The fourth-order valence-electron chi connectivity index (χ4n) is 3.47. The van der Waals surface area contributed by atoms with Crippen molar-refractivity contribution in [3.63, 3.8) is 0 Å². The van der Waals surface area contributed by atoms with Crippen LogP contribution in [0.1, 0.15) is 22.0 Å². The molecule has 1 heterocycles. The minimum atomic E-state index is -2.47. The number of rotatable bonds is 6. The molecule has 4 aromatic rings. The predicted molar refractivity (Wildman–Crippen MR) is 127 cm³/mol. The average molecular weight is 442 g/mol. The average Bonchev–Trinajstić information content (AvgIpc) is 2.83. The van der Waals surface area contributed by atoms with Crippen LogP contribution in [0.4, 0.5) is 11.4 Å². The number of nitrogens with one attached hydrogen (secondary N) is 1. The van der Waals surface area contributed by atoms with Gasteiger partial charge < -0.3 is 5.32 Å². The molecule has 6 nitrogen and oxygen atoms in total. The minimum Gasteiger partial charge on any atom is -0.334 e. The second-order valence-corrected chi connectivity index (χ2v) is 7.70. The largest absolute Gasteiger partial charge is 0.334 e. The van der Waals surface area contributed by atoms with E-state index < -0.39 is 23.2 Å². The van der Waals surface area contributed by atoms with Gasteiger partial charge in [0.1, 0.15) is 6.04 Å². The lowest BCUT2D eigenvalue weighted by atomic mass is 10.1. The lowest BCUT2D eigenvalue weighted by Gasteiger charge is -2.24. The monoisotopic (exact) mass is 441 g/mol. The zero-order valence-electron chi connectivity index (χ0n) is 16.9. The molecule has 7 heteroatoms. The van der Waals surface area contributed by atoms with E-state index in [1.165, 1.54) is 4.31 Å². The van der Waals surface area contributed by atoms with Crippen molar-refractivity contribution in [3.8, 4) is 12.3 Å². The fraction of sp³-hybridized carbons (Fsp3) is 0.0400. The summed E-state index contributed by atoms with van der Waals surface area (Å²) < 4.78 is 23.8. The first-order chi connectivity index (χ1) is 15.6. The Morgan fingerprint density at radius 2 is 1.66 bits per heavy atom. The molecule has 4 rings (SSSR count). The Morgan fingerprint density at radius 3 is 2.41 bits per heavy atom.